The number of hydrogen-bond donors (Lipinski definition) is 2. The standard InChI is InChI=1S/C36H43FN2O4/c1-22-28(14-9-15-31(22)37)32-29(33(42)23-10-7-12-26(40)16-23)20-39(25-18-35(2,3)38(6)36(4,5)19-25)21-30(32)34(43)24-11-8-13-27(41)17-24/h7-17,25,29-30,32,40-41H,18-21H2,1-6H3/t29-,30-/m0/s1. The van der Waals surface area contributed by atoms with Crippen LogP contribution in [0.25, 0.3) is 0 Å². The molecule has 2 atom stereocenters. The van der Waals surface area contributed by atoms with Gasteiger partial charge in [0.1, 0.15) is 17.3 Å². The molecule has 0 aliphatic carbocycles. The van der Waals surface area contributed by atoms with Crippen LogP contribution in [0.2, 0.25) is 0 Å². The third kappa shape index (κ3) is 5.98. The number of aromatic hydroxyl groups is 2. The Bertz CT molecular complexity index is 1450. The van der Waals surface area contributed by atoms with Crippen molar-refractivity contribution in [3.05, 3.63) is 94.8 Å². The van der Waals surface area contributed by atoms with Gasteiger partial charge in [0.15, 0.2) is 11.6 Å². The first kappa shape index (κ1) is 30.9. The van der Waals surface area contributed by atoms with Gasteiger partial charge in [-0.05, 0) is 96.0 Å². The van der Waals surface area contributed by atoms with Gasteiger partial charge in [0.2, 0.25) is 0 Å². The number of piperidine rings is 2. The van der Waals surface area contributed by atoms with Gasteiger partial charge in [-0.3, -0.25) is 19.4 Å². The third-order valence-electron chi connectivity index (χ3n) is 10.1. The van der Waals surface area contributed by atoms with E-state index in [-0.39, 0.29) is 46.0 Å². The van der Waals surface area contributed by atoms with Gasteiger partial charge < -0.3 is 10.2 Å². The van der Waals surface area contributed by atoms with Gasteiger partial charge in [0.25, 0.3) is 0 Å². The average molecular weight is 587 g/mol. The number of hydrogen-bond acceptors (Lipinski definition) is 6. The smallest absolute Gasteiger partial charge is 0.167 e. The summed E-state index contributed by atoms with van der Waals surface area (Å²) < 4.78 is 15.1. The number of rotatable bonds is 6. The zero-order valence-corrected chi connectivity index (χ0v) is 26.0. The van der Waals surface area contributed by atoms with Crippen LogP contribution in [0.5, 0.6) is 11.5 Å². The van der Waals surface area contributed by atoms with Crippen molar-refractivity contribution in [2.75, 3.05) is 20.1 Å². The molecule has 0 bridgehead atoms. The number of ketones is 2. The second-order valence-corrected chi connectivity index (χ2v) is 13.7. The van der Waals surface area contributed by atoms with Gasteiger partial charge in [0.05, 0.1) is 0 Å². The molecule has 0 radical (unpaired) electrons. The zero-order chi connectivity index (χ0) is 31.3. The fourth-order valence-corrected chi connectivity index (χ4v) is 7.62. The Kier molecular flexibility index (Phi) is 8.27. The fourth-order valence-electron chi connectivity index (χ4n) is 7.62. The van der Waals surface area contributed by atoms with Crippen LogP contribution in [0.4, 0.5) is 4.39 Å². The predicted molar refractivity (Wildman–Crippen MR) is 166 cm³/mol. The maximum Gasteiger partial charge on any atom is 0.167 e. The summed E-state index contributed by atoms with van der Waals surface area (Å²) >= 11 is 0. The molecule has 2 aliphatic rings. The molecule has 3 aromatic rings. The minimum Gasteiger partial charge on any atom is -0.508 e. The number of likely N-dealkylation sites (tertiary alicyclic amines) is 2. The molecule has 228 valence electrons. The minimum absolute atomic E-state index is 0.0109. The summed E-state index contributed by atoms with van der Waals surface area (Å²) in [5.74, 6) is -2.73. The number of benzene rings is 3. The van der Waals surface area contributed by atoms with E-state index >= 15 is 4.39 Å². The molecule has 43 heavy (non-hydrogen) atoms. The fraction of sp³-hybridized carbons (Fsp3) is 0.444. The molecule has 5 rings (SSSR count). The Morgan fingerprint density at radius 1 is 0.791 bits per heavy atom. The number of carbonyl (C=O) groups excluding carboxylic acids is 2. The van der Waals surface area contributed by atoms with Gasteiger partial charge >= 0.3 is 0 Å². The molecule has 2 aliphatic heterocycles. The SMILES string of the molecule is Cc1c(F)cccc1C1[C@@H](C(=O)c2cccc(O)c2)CN(C2CC(C)(C)N(C)C(C)(C)C2)C[C@@H]1C(=O)c1cccc(O)c1. The molecular formula is C36H43FN2O4. The number of nitrogens with zero attached hydrogens (tertiary/aromatic N) is 2. The Balaban J connectivity index is 1.67. The summed E-state index contributed by atoms with van der Waals surface area (Å²) in [5.41, 5.74) is 1.55. The third-order valence-corrected chi connectivity index (χ3v) is 10.1. The predicted octanol–water partition coefficient (Wildman–Crippen LogP) is 6.59. The monoisotopic (exact) mass is 586 g/mol. The van der Waals surface area contributed by atoms with Crippen molar-refractivity contribution in [1.29, 1.82) is 0 Å². The molecule has 0 unspecified atom stereocenters. The van der Waals surface area contributed by atoms with Crippen LogP contribution in [-0.4, -0.2) is 68.8 Å². The Labute approximate surface area is 254 Å². The highest BCUT2D eigenvalue weighted by Crippen LogP contribution is 2.46. The summed E-state index contributed by atoms with van der Waals surface area (Å²) in [4.78, 5) is 33.6. The topological polar surface area (TPSA) is 81.1 Å². The summed E-state index contributed by atoms with van der Waals surface area (Å²) in [5, 5.41) is 20.5. The lowest BCUT2D eigenvalue weighted by Gasteiger charge is -2.57. The highest BCUT2D eigenvalue weighted by atomic mass is 19.1. The van der Waals surface area contributed by atoms with Gasteiger partial charge in [0, 0.05) is 59.1 Å². The van der Waals surface area contributed by atoms with Crippen molar-refractivity contribution in [2.24, 2.45) is 11.8 Å². The van der Waals surface area contributed by atoms with E-state index in [1.807, 2.05) is 6.07 Å². The quantitative estimate of drug-likeness (QED) is 0.317. The van der Waals surface area contributed by atoms with Crippen LogP contribution < -0.4 is 0 Å². The van der Waals surface area contributed by atoms with Crippen LogP contribution in [-0.2, 0) is 0 Å². The highest BCUT2D eigenvalue weighted by Gasteiger charge is 2.50. The normalized spacial score (nSPS) is 23.2. The van der Waals surface area contributed by atoms with Crippen molar-refractivity contribution < 1.29 is 24.2 Å². The molecule has 0 saturated carbocycles. The summed E-state index contributed by atoms with van der Waals surface area (Å²) in [6.07, 6.45) is 1.72. The van der Waals surface area contributed by atoms with E-state index in [2.05, 4.69) is 44.5 Å². The molecule has 3 aromatic carbocycles. The van der Waals surface area contributed by atoms with E-state index in [1.54, 1.807) is 37.3 Å². The first-order valence-electron chi connectivity index (χ1n) is 15.1. The molecule has 2 heterocycles. The number of phenols is 2. The van der Waals surface area contributed by atoms with Gasteiger partial charge in [-0.2, -0.15) is 0 Å². The Hall–Kier alpha value is -3.55. The summed E-state index contributed by atoms with van der Waals surface area (Å²) in [7, 11) is 2.15. The molecule has 2 N–H and O–H groups in total. The van der Waals surface area contributed by atoms with E-state index in [4.69, 9.17) is 0 Å². The molecule has 6 nitrogen and oxygen atoms in total. The second-order valence-electron chi connectivity index (χ2n) is 13.7. The molecular weight excluding hydrogens is 543 g/mol. The van der Waals surface area contributed by atoms with Gasteiger partial charge in [-0.25, -0.2) is 4.39 Å². The van der Waals surface area contributed by atoms with E-state index in [1.165, 1.54) is 30.3 Å². The van der Waals surface area contributed by atoms with Crippen LogP contribution in [0.1, 0.15) is 78.3 Å². The van der Waals surface area contributed by atoms with Gasteiger partial charge in [-0.15, -0.1) is 0 Å². The van der Waals surface area contributed by atoms with Crippen molar-refractivity contribution >= 4 is 11.6 Å². The average Bonchev–Trinajstić information content (AvgIpc) is 2.95. The van der Waals surface area contributed by atoms with Crippen molar-refractivity contribution in [3.63, 3.8) is 0 Å². The maximum absolute atomic E-state index is 15.1. The first-order chi connectivity index (χ1) is 20.2. The number of halogens is 1. The summed E-state index contributed by atoms with van der Waals surface area (Å²) in [6, 6.07) is 17.6. The lowest BCUT2D eigenvalue weighted by Crippen LogP contribution is -2.64. The molecule has 7 heteroatoms. The number of Topliss-reactive ketones (excluding diaryl/α,β-unsaturated/α-hetero) is 2. The van der Waals surface area contributed by atoms with Crippen molar-refractivity contribution in [2.45, 2.75) is 70.5 Å². The molecule has 0 aromatic heterocycles. The van der Waals surface area contributed by atoms with Crippen molar-refractivity contribution in [3.8, 4) is 11.5 Å². The van der Waals surface area contributed by atoms with E-state index in [0.717, 1.165) is 12.8 Å². The molecule has 0 amide bonds. The van der Waals surface area contributed by atoms with Gasteiger partial charge in [-0.1, -0.05) is 36.4 Å². The Morgan fingerprint density at radius 2 is 1.26 bits per heavy atom. The highest BCUT2D eigenvalue weighted by molar-refractivity contribution is 6.02. The lowest BCUT2D eigenvalue weighted by molar-refractivity contribution is -0.0595. The molecule has 0 spiro atoms. The maximum atomic E-state index is 15.1. The number of phenolic OH excluding ortho intramolecular Hbond substituents is 2. The van der Waals surface area contributed by atoms with E-state index in [0.29, 0.717) is 35.3 Å². The van der Waals surface area contributed by atoms with E-state index < -0.39 is 17.8 Å². The summed E-state index contributed by atoms with van der Waals surface area (Å²) in [6.45, 7) is 11.4. The number of carbonyl (C=O) groups is 2. The lowest BCUT2D eigenvalue weighted by atomic mass is 9.66. The van der Waals surface area contributed by atoms with E-state index in [9.17, 15) is 19.8 Å². The van der Waals surface area contributed by atoms with Crippen molar-refractivity contribution in [1.82, 2.24) is 9.80 Å². The molecule has 2 fully saturated rings. The van der Waals surface area contributed by atoms with Crippen LogP contribution in [0.15, 0.2) is 66.7 Å². The van der Waals surface area contributed by atoms with Crippen LogP contribution in [0, 0.1) is 24.6 Å². The first-order valence-corrected chi connectivity index (χ1v) is 15.1. The minimum atomic E-state index is -0.673. The zero-order valence-electron chi connectivity index (χ0n) is 26.0. The van der Waals surface area contributed by atoms with Crippen LogP contribution >= 0.6 is 0 Å². The Morgan fingerprint density at radius 3 is 1.72 bits per heavy atom. The van der Waals surface area contributed by atoms with Crippen LogP contribution in [0.3, 0.4) is 0 Å². The molecule has 2 saturated heterocycles. The largest absolute Gasteiger partial charge is 0.508 e. The second kappa shape index (κ2) is 11.5.